The number of rotatable bonds is 30. The third-order valence-corrected chi connectivity index (χ3v) is 7.56. The van der Waals surface area contributed by atoms with Crippen LogP contribution in [0.15, 0.2) is 0 Å². The number of hydrogen-bond donors (Lipinski definition) is 3. The van der Waals surface area contributed by atoms with Crippen molar-refractivity contribution in [3.63, 3.8) is 0 Å². The van der Waals surface area contributed by atoms with Crippen molar-refractivity contribution in [2.75, 3.05) is 0 Å². The third-order valence-electron chi connectivity index (χ3n) is 7.56. The Morgan fingerprint density at radius 3 is 0.923 bits per heavy atom. The Hall–Kier alpha value is -1.10. The van der Waals surface area contributed by atoms with Crippen LogP contribution in [-0.2, 0) is 9.59 Å². The van der Waals surface area contributed by atoms with E-state index in [9.17, 15) is 14.7 Å². The second kappa shape index (κ2) is 34.9. The fourth-order valence-electron chi connectivity index (χ4n) is 4.96. The predicted molar refractivity (Wildman–Crippen MR) is 167 cm³/mol. The molecule has 0 bridgehead atoms. The van der Waals surface area contributed by atoms with Gasteiger partial charge in [0.2, 0.25) is 0 Å². The lowest BCUT2D eigenvalue weighted by atomic mass is 10.0. The molecule has 0 aromatic heterocycles. The minimum absolute atomic E-state index is 0.0853. The van der Waals surface area contributed by atoms with Gasteiger partial charge < -0.3 is 15.3 Å². The van der Waals surface area contributed by atoms with Crippen molar-refractivity contribution in [2.24, 2.45) is 0 Å². The summed E-state index contributed by atoms with van der Waals surface area (Å²) in [5.74, 6) is -1.33. The highest BCUT2D eigenvalue weighted by Gasteiger charge is 2.03. The van der Waals surface area contributed by atoms with E-state index in [1.165, 1.54) is 122 Å². The molecule has 0 heterocycles. The molecule has 0 aliphatic heterocycles. The van der Waals surface area contributed by atoms with Crippen molar-refractivity contribution in [1.29, 1.82) is 0 Å². The molecule has 39 heavy (non-hydrogen) atoms. The molecule has 0 saturated heterocycles. The highest BCUT2D eigenvalue weighted by atomic mass is 16.4. The Balaban J connectivity index is 0. The van der Waals surface area contributed by atoms with Crippen molar-refractivity contribution in [3.05, 3.63) is 0 Å². The summed E-state index contributed by atoms with van der Waals surface area (Å²) in [5.41, 5.74) is 0. The highest BCUT2D eigenvalue weighted by Crippen LogP contribution is 2.15. The van der Waals surface area contributed by atoms with Crippen LogP contribution in [0.2, 0.25) is 0 Å². The largest absolute Gasteiger partial charge is 0.481 e. The van der Waals surface area contributed by atoms with Gasteiger partial charge in [-0.25, -0.2) is 0 Å². The van der Waals surface area contributed by atoms with Crippen LogP contribution >= 0.6 is 0 Å². The van der Waals surface area contributed by atoms with Gasteiger partial charge in [0.25, 0.3) is 0 Å². The summed E-state index contributed by atoms with van der Waals surface area (Å²) >= 11 is 0. The number of carboxylic acid groups (broad SMARTS) is 2. The second-order valence-electron chi connectivity index (χ2n) is 11.7. The zero-order valence-electron chi connectivity index (χ0n) is 26.2. The molecule has 0 spiro atoms. The molecule has 0 rings (SSSR count). The number of carbonyl (C=O) groups is 2. The van der Waals surface area contributed by atoms with Crippen LogP contribution in [0.3, 0.4) is 0 Å². The number of aliphatic hydroxyl groups excluding tert-OH is 1. The van der Waals surface area contributed by atoms with Crippen molar-refractivity contribution in [3.8, 4) is 0 Å². The maximum Gasteiger partial charge on any atom is 0.303 e. The van der Waals surface area contributed by atoms with E-state index in [2.05, 4.69) is 13.8 Å². The highest BCUT2D eigenvalue weighted by molar-refractivity contribution is 5.66. The maximum atomic E-state index is 10.3. The summed E-state index contributed by atoms with van der Waals surface area (Å²) in [4.78, 5) is 20.6. The molecular formula is C34H68O5. The molecule has 0 aliphatic carbocycles. The Bertz CT molecular complexity index is 494. The summed E-state index contributed by atoms with van der Waals surface area (Å²) in [6.07, 6.45) is 33.5. The molecule has 0 aromatic carbocycles. The number of aliphatic hydroxyl groups is 1. The van der Waals surface area contributed by atoms with Crippen LogP contribution in [0, 0.1) is 0 Å². The number of hydrogen-bond acceptors (Lipinski definition) is 3. The normalized spacial score (nSPS) is 11.7. The molecular weight excluding hydrogens is 488 g/mol. The van der Waals surface area contributed by atoms with E-state index < -0.39 is 11.9 Å². The molecule has 0 amide bonds. The smallest absolute Gasteiger partial charge is 0.303 e. The van der Waals surface area contributed by atoms with Crippen molar-refractivity contribution >= 4 is 11.9 Å². The molecule has 0 saturated carbocycles. The average Bonchev–Trinajstić information content (AvgIpc) is 2.90. The van der Waals surface area contributed by atoms with Gasteiger partial charge in [-0.3, -0.25) is 9.59 Å². The van der Waals surface area contributed by atoms with Gasteiger partial charge in [0, 0.05) is 12.8 Å². The monoisotopic (exact) mass is 557 g/mol. The molecule has 3 N–H and O–H groups in total. The Morgan fingerprint density at radius 2 is 0.641 bits per heavy atom. The standard InChI is InChI=1S/C18H36O3.C16H32O2/c1-2-3-4-11-14-17(19)15-12-9-7-5-6-8-10-13-16-18(20)21;1-2-3-4-5-6-7-8-9-10-11-12-13-14-15-16(17)18/h17,19H,2-16H2,1H3,(H,20,21);2-15H2,1H3,(H,17,18). The topological polar surface area (TPSA) is 94.8 Å². The number of aliphatic carboxylic acids is 2. The van der Waals surface area contributed by atoms with Crippen LogP contribution in [0.25, 0.3) is 0 Å². The summed E-state index contributed by atoms with van der Waals surface area (Å²) in [6, 6.07) is 0. The van der Waals surface area contributed by atoms with Crippen LogP contribution in [0.1, 0.15) is 200 Å². The van der Waals surface area contributed by atoms with E-state index in [0.29, 0.717) is 12.8 Å². The van der Waals surface area contributed by atoms with Crippen molar-refractivity contribution in [1.82, 2.24) is 0 Å². The average molecular weight is 557 g/mol. The molecule has 0 fully saturated rings. The lowest BCUT2D eigenvalue weighted by Crippen LogP contribution is -2.05. The van der Waals surface area contributed by atoms with Crippen molar-refractivity contribution in [2.45, 2.75) is 206 Å². The first-order valence-electron chi connectivity index (χ1n) is 17.1. The van der Waals surface area contributed by atoms with E-state index in [1.54, 1.807) is 0 Å². The summed E-state index contributed by atoms with van der Waals surface area (Å²) < 4.78 is 0. The summed E-state index contributed by atoms with van der Waals surface area (Å²) in [7, 11) is 0. The minimum atomic E-state index is -0.678. The van der Waals surface area contributed by atoms with Crippen LogP contribution in [-0.4, -0.2) is 33.4 Å². The second-order valence-corrected chi connectivity index (χ2v) is 11.7. The first-order valence-corrected chi connectivity index (χ1v) is 17.1. The molecule has 0 aromatic rings. The third kappa shape index (κ3) is 41.5. The lowest BCUT2D eigenvalue weighted by Gasteiger charge is -2.10. The fraction of sp³-hybridized carbons (Fsp3) is 0.941. The minimum Gasteiger partial charge on any atom is -0.481 e. The van der Waals surface area contributed by atoms with E-state index in [-0.39, 0.29) is 6.10 Å². The van der Waals surface area contributed by atoms with Crippen molar-refractivity contribution < 1.29 is 24.9 Å². The zero-order valence-corrected chi connectivity index (χ0v) is 26.2. The van der Waals surface area contributed by atoms with Gasteiger partial charge in [0.05, 0.1) is 6.10 Å². The van der Waals surface area contributed by atoms with Gasteiger partial charge in [-0.15, -0.1) is 0 Å². The Labute approximate surface area is 242 Å². The summed E-state index contributed by atoms with van der Waals surface area (Å²) in [6.45, 7) is 4.47. The first kappa shape index (κ1) is 40.0. The SMILES string of the molecule is CCCCCCC(O)CCCCCCCCCCC(=O)O.CCCCCCCCCCCCCCCC(=O)O. The maximum absolute atomic E-state index is 10.3. The Morgan fingerprint density at radius 1 is 0.410 bits per heavy atom. The number of unbranched alkanes of at least 4 members (excludes halogenated alkanes) is 22. The number of carboxylic acids is 2. The first-order chi connectivity index (χ1) is 18.9. The Kier molecular flexibility index (Phi) is 35.9. The molecule has 0 aliphatic rings. The predicted octanol–water partition coefficient (Wildman–Crippen LogP) is 10.9. The van der Waals surface area contributed by atoms with Gasteiger partial charge in [-0.05, 0) is 25.7 Å². The molecule has 1 unspecified atom stereocenters. The van der Waals surface area contributed by atoms with Gasteiger partial charge in [-0.1, -0.05) is 162 Å². The molecule has 5 nitrogen and oxygen atoms in total. The van der Waals surface area contributed by atoms with Gasteiger partial charge in [-0.2, -0.15) is 0 Å². The zero-order chi connectivity index (χ0) is 29.2. The van der Waals surface area contributed by atoms with E-state index in [0.717, 1.165) is 51.4 Å². The van der Waals surface area contributed by atoms with Crippen LogP contribution in [0.5, 0.6) is 0 Å². The van der Waals surface area contributed by atoms with Gasteiger partial charge >= 0.3 is 11.9 Å². The fourth-order valence-corrected chi connectivity index (χ4v) is 4.96. The van der Waals surface area contributed by atoms with Gasteiger partial charge in [0.1, 0.15) is 0 Å². The van der Waals surface area contributed by atoms with Gasteiger partial charge in [0.15, 0.2) is 0 Å². The van der Waals surface area contributed by atoms with E-state index >= 15 is 0 Å². The summed E-state index contributed by atoms with van der Waals surface area (Å²) in [5, 5.41) is 26.9. The quantitative estimate of drug-likeness (QED) is 0.0765. The van der Waals surface area contributed by atoms with E-state index in [4.69, 9.17) is 10.2 Å². The molecule has 234 valence electrons. The molecule has 1 atom stereocenters. The van der Waals surface area contributed by atoms with Crippen LogP contribution < -0.4 is 0 Å². The lowest BCUT2D eigenvalue weighted by molar-refractivity contribution is -0.138. The van der Waals surface area contributed by atoms with Crippen LogP contribution in [0.4, 0.5) is 0 Å². The molecule has 5 heteroatoms. The van der Waals surface area contributed by atoms with E-state index in [1.807, 2.05) is 0 Å². The molecule has 0 radical (unpaired) electrons.